The minimum Gasteiger partial charge on any atom is -0.491 e. The molecule has 0 amide bonds. The average Bonchev–Trinajstić information content (AvgIpc) is 2.45. The van der Waals surface area contributed by atoms with Crippen LogP contribution in [0.1, 0.15) is 0 Å². The Hall–Kier alpha value is -1.77. The van der Waals surface area contributed by atoms with Crippen molar-refractivity contribution in [3.8, 4) is 5.75 Å². The highest BCUT2D eigenvalue weighted by Crippen LogP contribution is 2.22. The molecule has 21 heavy (non-hydrogen) atoms. The summed E-state index contributed by atoms with van der Waals surface area (Å²) in [6, 6.07) is 3.39. The van der Waals surface area contributed by atoms with E-state index in [9.17, 15) is 14.5 Å². The molecule has 0 N–H and O–H groups in total. The Balaban J connectivity index is 2.13. The largest absolute Gasteiger partial charge is 0.491 e. The molecule has 0 saturated heterocycles. The summed E-state index contributed by atoms with van der Waals surface area (Å²) in [5, 5.41) is 10.4. The van der Waals surface area contributed by atoms with Gasteiger partial charge in [0.15, 0.2) is 0 Å². The first-order valence-electron chi connectivity index (χ1n) is 6.36. The maximum Gasteiger partial charge on any atom is 0.305 e. The van der Waals surface area contributed by atoms with Gasteiger partial charge in [0.1, 0.15) is 12.4 Å². The summed E-state index contributed by atoms with van der Waals surface area (Å²) in [4.78, 5) is 9.66. The summed E-state index contributed by atoms with van der Waals surface area (Å²) < 4.78 is 33.7. The third-order valence-electron chi connectivity index (χ3n) is 2.42. The van der Waals surface area contributed by atoms with Gasteiger partial charge in [-0.05, 0) is 6.07 Å². The van der Waals surface area contributed by atoms with Gasteiger partial charge in [-0.3, -0.25) is 10.1 Å². The van der Waals surface area contributed by atoms with Gasteiger partial charge in [-0.15, -0.1) is 0 Å². The van der Waals surface area contributed by atoms with Crippen LogP contribution in [0, 0.1) is 15.9 Å². The lowest BCUT2D eigenvalue weighted by atomic mass is 10.3. The molecule has 0 fully saturated rings. The molecule has 0 aliphatic heterocycles. The van der Waals surface area contributed by atoms with Crippen LogP contribution in [0.5, 0.6) is 5.75 Å². The van der Waals surface area contributed by atoms with E-state index in [1.54, 1.807) is 7.11 Å². The molecule has 118 valence electrons. The Bertz CT molecular complexity index is 443. The second-order valence-electron chi connectivity index (χ2n) is 3.94. The Morgan fingerprint density at radius 2 is 1.71 bits per heavy atom. The van der Waals surface area contributed by atoms with E-state index in [2.05, 4.69) is 0 Å². The van der Waals surface area contributed by atoms with Crippen molar-refractivity contribution < 1.29 is 28.3 Å². The van der Waals surface area contributed by atoms with Gasteiger partial charge in [-0.1, -0.05) is 0 Å². The minimum absolute atomic E-state index is 0.218. The lowest BCUT2D eigenvalue weighted by molar-refractivity contribution is -0.387. The number of nitro groups is 1. The summed E-state index contributed by atoms with van der Waals surface area (Å²) in [6.45, 7) is 2.45. The third kappa shape index (κ3) is 6.98. The Labute approximate surface area is 121 Å². The molecule has 0 heterocycles. The van der Waals surface area contributed by atoms with Gasteiger partial charge >= 0.3 is 5.69 Å². The zero-order valence-corrected chi connectivity index (χ0v) is 11.7. The first-order valence-corrected chi connectivity index (χ1v) is 6.36. The van der Waals surface area contributed by atoms with Crippen LogP contribution in [0.4, 0.5) is 10.1 Å². The molecule has 1 aromatic carbocycles. The topological polar surface area (TPSA) is 80.1 Å². The van der Waals surface area contributed by atoms with Gasteiger partial charge < -0.3 is 18.9 Å². The van der Waals surface area contributed by atoms with Crippen molar-refractivity contribution in [2.75, 3.05) is 46.8 Å². The van der Waals surface area contributed by atoms with Crippen molar-refractivity contribution in [1.82, 2.24) is 0 Å². The van der Waals surface area contributed by atoms with Crippen molar-refractivity contribution in [2.24, 2.45) is 0 Å². The zero-order chi connectivity index (χ0) is 15.5. The van der Waals surface area contributed by atoms with Crippen LogP contribution in [0.15, 0.2) is 18.2 Å². The highest BCUT2D eigenvalue weighted by Gasteiger charge is 2.13. The highest BCUT2D eigenvalue weighted by atomic mass is 19.1. The first-order chi connectivity index (χ1) is 10.1. The number of benzene rings is 1. The van der Waals surface area contributed by atoms with Crippen LogP contribution in [-0.2, 0) is 14.2 Å². The fourth-order valence-corrected chi connectivity index (χ4v) is 1.41. The molecular formula is C13H18FNO6. The van der Waals surface area contributed by atoms with E-state index in [0.717, 1.165) is 12.1 Å². The first kappa shape index (κ1) is 17.3. The predicted octanol–water partition coefficient (Wildman–Crippen LogP) is 1.79. The Kier molecular flexibility index (Phi) is 8.25. The van der Waals surface area contributed by atoms with Crippen molar-refractivity contribution in [2.45, 2.75) is 0 Å². The molecule has 0 aromatic heterocycles. The number of nitro benzene ring substituents is 1. The zero-order valence-electron chi connectivity index (χ0n) is 11.7. The predicted molar refractivity (Wildman–Crippen MR) is 72.1 cm³/mol. The van der Waals surface area contributed by atoms with Gasteiger partial charge in [-0.25, -0.2) is 0 Å². The van der Waals surface area contributed by atoms with Crippen molar-refractivity contribution in [3.63, 3.8) is 0 Å². The third-order valence-corrected chi connectivity index (χ3v) is 2.42. The Morgan fingerprint density at radius 1 is 1.10 bits per heavy atom. The van der Waals surface area contributed by atoms with Crippen molar-refractivity contribution >= 4 is 5.69 Å². The van der Waals surface area contributed by atoms with Crippen molar-refractivity contribution in [1.29, 1.82) is 0 Å². The number of methoxy groups -OCH3 is 1. The smallest absolute Gasteiger partial charge is 0.305 e. The highest BCUT2D eigenvalue weighted by molar-refractivity contribution is 5.37. The summed E-state index contributed by atoms with van der Waals surface area (Å²) in [5.74, 6) is -0.706. The average molecular weight is 303 g/mol. The second-order valence-corrected chi connectivity index (χ2v) is 3.94. The van der Waals surface area contributed by atoms with Crippen LogP contribution >= 0.6 is 0 Å². The molecule has 0 unspecified atom stereocenters. The molecule has 0 atom stereocenters. The lowest BCUT2D eigenvalue weighted by Crippen LogP contribution is -2.12. The van der Waals surface area contributed by atoms with E-state index < -0.39 is 16.4 Å². The molecule has 0 bridgehead atoms. The second kappa shape index (κ2) is 10.0. The van der Waals surface area contributed by atoms with E-state index in [1.165, 1.54) is 6.07 Å². The van der Waals surface area contributed by atoms with Crippen LogP contribution in [0.3, 0.4) is 0 Å². The van der Waals surface area contributed by atoms with Crippen LogP contribution in [-0.4, -0.2) is 51.7 Å². The van der Waals surface area contributed by atoms with Gasteiger partial charge in [-0.2, -0.15) is 4.39 Å². The summed E-state index contributed by atoms with van der Waals surface area (Å²) in [5.41, 5.74) is -0.577. The summed E-state index contributed by atoms with van der Waals surface area (Å²) in [6.07, 6.45) is 0. The molecule has 0 spiro atoms. The van der Waals surface area contributed by atoms with Crippen LogP contribution in [0.2, 0.25) is 0 Å². The number of hydrogen-bond donors (Lipinski definition) is 0. The maximum absolute atomic E-state index is 13.3. The molecule has 0 saturated carbocycles. The molecule has 1 rings (SSSR count). The van der Waals surface area contributed by atoms with Gasteiger partial charge in [0.25, 0.3) is 0 Å². The summed E-state index contributed by atoms with van der Waals surface area (Å²) >= 11 is 0. The molecule has 0 aliphatic rings. The standard InChI is InChI=1S/C13H18FNO6/c1-18-4-5-19-6-7-20-8-9-21-11-2-3-13(15(16)17)12(14)10-11/h2-3,10H,4-9H2,1H3. The van der Waals surface area contributed by atoms with Gasteiger partial charge in [0.2, 0.25) is 5.82 Å². The molecule has 0 radical (unpaired) electrons. The fourth-order valence-electron chi connectivity index (χ4n) is 1.41. The fraction of sp³-hybridized carbons (Fsp3) is 0.538. The normalized spacial score (nSPS) is 10.6. The van der Waals surface area contributed by atoms with Gasteiger partial charge in [0, 0.05) is 19.2 Å². The van der Waals surface area contributed by atoms with Crippen LogP contribution in [0.25, 0.3) is 0 Å². The quantitative estimate of drug-likeness (QED) is 0.352. The molecule has 8 heteroatoms. The maximum atomic E-state index is 13.3. The minimum atomic E-state index is -0.926. The van der Waals surface area contributed by atoms with Gasteiger partial charge in [0.05, 0.1) is 38.0 Å². The number of hydrogen-bond acceptors (Lipinski definition) is 6. The molecular weight excluding hydrogens is 285 g/mol. The van der Waals surface area contributed by atoms with E-state index in [-0.39, 0.29) is 12.4 Å². The molecule has 0 aliphatic carbocycles. The van der Waals surface area contributed by atoms with Crippen LogP contribution < -0.4 is 4.74 Å². The number of halogens is 1. The van der Waals surface area contributed by atoms with E-state index >= 15 is 0 Å². The van der Waals surface area contributed by atoms with Crippen molar-refractivity contribution in [3.05, 3.63) is 34.1 Å². The van der Waals surface area contributed by atoms with E-state index in [4.69, 9.17) is 18.9 Å². The molecule has 1 aromatic rings. The number of nitrogens with zero attached hydrogens (tertiary/aromatic N) is 1. The lowest BCUT2D eigenvalue weighted by Gasteiger charge is -2.07. The SMILES string of the molecule is COCCOCCOCCOc1ccc([N+](=O)[O-])c(F)c1. The monoisotopic (exact) mass is 303 g/mol. The summed E-state index contributed by atoms with van der Waals surface area (Å²) in [7, 11) is 1.60. The number of rotatable bonds is 11. The number of ether oxygens (including phenoxy) is 4. The molecule has 7 nitrogen and oxygen atoms in total. The van der Waals surface area contributed by atoms with E-state index in [0.29, 0.717) is 33.0 Å². The van der Waals surface area contributed by atoms with E-state index in [1.807, 2.05) is 0 Å². The Morgan fingerprint density at radius 3 is 2.29 bits per heavy atom.